The first-order chi connectivity index (χ1) is 19.5. The van der Waals surface area contributed by atoms with Gasteiger partial charge in [0.2, 0.25) is 0 Å². The van der Waals surface area contributed by atoms with Gasteiger partial charge in [-0.3, -0.25) is 21.7 Å². The summed E-state index contributed by atoms with van der Waals surface area (Å²) < 4.78 is 0. The molecule has 0 aliphatic carbocycles. The molecule has 24 nitrogen and oxygen atoms in total. The van der Waals surface area contributed by atoms with Crippen molar-refractivity contribution in [3.05, 3.63) is 0 Å². The molecule has 0 fully saturated rings. The summed E-state index contributed by atoms with van der Waals surface area (Å²) in [4.78, 5) is 47.4. The third kappa shape index (κ3) is 11.5. The largest absolute Gasteiger partial charge is 0.337 e. The van der Waals surface area contributed by atoms with Gasteiger partial charge in [0.1, 0.15) is 0 Å². The Kier molecular flexibility index (Phi) is 11.6. The van der Waals surface area contributed by atoms with Crippen LogP contribution >= 0.6 is 0 Å². The zero-order valence-corrected chi connectivity index (χ0v) is 20.9. The van der Waals surface area contributed by atoms with Crippen molar-refractivity contribution in [1.82, 2.24) is 83.8 Å². The number of carbonyl (C=O) groups is 4. The van der Waals surface area contributed by atoms with E-state index >= 15 is 0 Å². The van der Waals surface area contributed by atoms with E-state index in [9.17, 15) is 19.2 Å². The summed E-state index contributed by atoms with van der Waals surface area (Å²) in [5.41, 5.74) is 19.0. The average Bonchev–Trinajstić information content (AvgIpc) is 2.97. The smallest absolute Gasteiger partial charge is 0.333 e. The molecule has 0 saturated heterocycles. The number of carbonyl (C=O) groups excluding carboxylic acids is 4. The molecular weight excluding hydrogens is 536 g/mol. The van der Waals surface area contributed by atoms with E-state index in [0.717, 1.165) is 0 Å². The Hall–Kier alpha value is -5.84. The van der Waals surface area contributed by atoms with Crippen LogP contribution in [0, 0.1) is 0 Å². The summed E-state index contributed by atoms with van der Waals surface area (Å²) >= 11 is 0. The van der Waals surface area contributed by atoms with Crippen LogP contribution in [-0.4, -0.2) is 91.1 Å². The fourth-order valence-electron chi connectivity index (χ4n) is 2.59. The highest BCUT2D eigenvalue weighted by Crippen LogP contribution is 1.95. The van der Waals surface area contributed by atoms with Crippen LogP contribution in [0.5, 0.6) is 0 Å². The minimum absolute atomic E-state index is 0.0917. The van der Waals surface area contributed by atoms with Crippen LogP contribution in [0.15, 0.2) is 0 Å². The Balaban J connectivity index is 1.45. The Bertz CT molecular complexity index is 927. The van der Waals surface area contributed by atoms with Gasteiger partial charge in [0.25, 0.3) is 23.8 Å². The average molecular weight is 565 g/mol. The Morgan fingerprint density at radius 1 is 0.325 bits per heavy atom. The quantitative estimate of drug-likeness (QED) is 0.148. The fourth-order valence-corrected chi connectivity index (χ4v) is 2.59. The highest BCUT2D eigenvalue weighted by Gasteiger charge is 2.07. The molecule has 0 aromatic carbocycles. The number of hydrogen-bond donors (Lipinski definition) is 12. The van der Waals surface area contributed by atoms with E-state index in [0.29, 0.717) is 51.9 Å². The van der Waals surface area contributed by atoms with E-state index in [2.05, 4.69) is 105 Å². The van der Waals surface area contributed by atoms with Gasteiger partial charge in [-0.2, -0.15) is 0 Å². The highest BCUT2D eigenvalue weighted by atomic mass is 16.2. The van der Waals surface area contributed by atoms with Crippen molar-refractivity contribution in [2.45, 2.75) is 25.7 Å². The number of nitrogens with one attached hydrogen (secondary N) is 12. The number of urea groups is 4. The second-order valence-electron chi connectivity index (χ2n) is 7.53. The molecule has 0 atom stereocenters. The number of amides is 8. The number of aromatic nitrogens is 8. The van der Waals surface area contributed by atoms with E-state index in [1.165, 1.54) is 0 Å². The molecular formula is C16H28N20O4. The van der Waals surface area contributed by atoms with E-state index in [4.69, 9.17) is 0 Å². The van der Waals surface area contributed by atoms with E-state index in [1.807, 2.05) is 0 Å². The van der Waals surface area contributed by atoms with Crippen molar-refractivity contribution >= 4 is 47.9 Å². The van der Waals surface area contributed by atoms with Crippen LogP contribution in [0.4, 0.5) is 43.0 Å². The van der Waals surface area contributed by atoms with Crippen LogP contribution in [0.1, 0.15) is 25.7 Å². The van der Waals surface area contributed by atoms with Gasteiger partial charge < -0.3 is 21.3 Å². The topological polar surface area (TPSA) is 316 Å². The van der Waals surface area contributed by atoms with Gasteiger partial charge in [-0.15, -0.1) is 40.8 Å². The summed E-state index contributed by atoms with van der Waals surface area (Å²) in [7, 11) is 0. The Labute approximate surface area is 225 Å². The van der Waals surface area contributed by atoms with Gasteiger partial charge in [0.15, 0.2) is 0 Å². The lowest BCUT2D eigenvalue weighted by Crippen LogP contribution is -2.42. The number of hydrazine groups is 4. The first kappa shape index (κ1) is 28.7. The van der Waals surface area contributed by atoms with Gasteiger partial charge in [-0.1, -0.05) is 0 Å². The third-order valence-electron chi connectivity index (χ3n) is 4.46. The van der Waals surface area contributed by atoms with Crippen LogP contribution in [0.2, 0.25) is 0 Å². The summed E-state index contributed by atoms with van der Waals surface area (Å²) in [5, 5.41) is 40.0. The zero-order valence-electron chi connectivity index (χ0n) is 20.9. The van der Waals surface area contributed by atoms with Gasteiger partial charge in [0.05, 0.1) is 0 Å². The standard InChI is InChI=1S/C16H28N20O4/c37-13-17-5-1-2-6-18-14(38)34-30-10-23-27-12(28-24-10)32-36-16(40)20-8-4-3-7-19-15(39)35-31-11-25-21-9(22-26-11)29-33-13/h1-8H2,(H2,17,33,37)(H2,18,34,38)(H2,19,35,39)(H2,20,36,40)(H,21,22,29)(H,23,24,30)(H,25,26,31)(H,27,28,32). The minimum Gasteiger partial charge on any atom is -0.337 e. The molecule has 8 amide bonds. The molecule has 2 aromatic heterocycles. The van der Waals surface area contributed by atoms with E-state index in [-0.39, 0.29) is 23.8 Å². The molecule has 4 bridgehead atoms. The van der Waals surface area contributed by atoms with Crippen LogP contribution in [0.25, 0.3) is 0 Å². The molecule has 4 aliphatic rings. The molecule has 40 heavy (non-hydrogen) atoms. The molecule has 24 heteroatoms. The highest BCUT2D eigenvalue weighted by molar-refractivity contribution is 5.76. The number of hydrogen-bond acceptors (Lipinski definition) is 16. The van der Waals surface area contributed by atoms with Crippen molar-refractivity contribution in [3.8, 4) is 0 Å². The molecule has 216 valence electrons. The summed E-state index contributed by atoms with van der Waals surface area (Å²) in [6.45, 7) is 1.30. The van der Waals surface area contributed by atoms with Crippen molar-refractivity contribution < 1.29 is 19.2 Å². The molecule has 12 N–H and O–H groups in total. The van der Waals surface area contributed by atoms with Crippen molar-refractivity contribution in [2.75, 3.05) is 47.9 Å². The summed E-state index contributed by atoms with van der Waals surface area (Å²) in [6, 6.07) is -2.20. The predicted molar refractivity (Wildman–Crippen MR) is 134 cm³/mol. The SMILES string of the molecule is O=C1NCCCCNC(=O)NNc2nnc(nn2)NNC(=O)NCCCCNC(=O)NNc2nnc(nn2)NN1. The second kappa shape index (κ2) is 16.1. The molecule has 6 heterocycles. The van der Waals surface area contributed by atoms with Crippen molar-refractivity contribution in [2.24, 2.45) is 0 Å². The molecule has 0 spiro atoms. The number of nitrogens with zero attached hydrogens (tertiary/aromatic N) is 8. The van der Waals surface area contributed by atoms with Crippen LogP contribution in [-0.2, 0) is 0 Å². The Morgan fingerprint density at radius 3 is 0.725 bits per heavy atom. The third-order valence-corrected chi connectivity index (χ3v) is 4.46. The lowest BCUT2D eigenvalue weighted by Gasteiger charge is -2.11. The van der Waals surface area contributed by atoms with Crippen LogP contribution < -0.4 is 64.7 Å². The normalized spacial score (nSPS) is 16.8. The second-order valence-corrected chi connectivity index (χ2v) is 7.53. The summed E-state index contributed by atoms with van der Waals surface area (Å²) in [5.74, 6) is -0.367. The van der Waals surface area contributed by atoms with Crippen molar-refractivity contribution in [3.63, 3.8) is 0 Å². The van der Waals surface area contributed by atoms with Crippen molar-refractivity contribution in [1.29, 1.82) is 0 Å². The maximum Gasteiger partial charge on any atom is 0.333 e. The fraction of sp³-hybridized carbons (Fsp3) is 0.500. The van der Waals surface area contributed by atoms with Gasteiger partial charge >= 0.3 is 24.1 Å². The number of anilines is 4. The molecule has 4 aliphatic heterocycles. The lowest BCUT2D eigenvalue weighted by molar-refractivity contribution is 0.240. The van der Waals surface area contributed by atoms with Gasteiger partial charge in [0, 0.05) is 26.2 Å². The van der Waals surface area contributed by atoms with E-state index in [1.54, 1.807) is 0 Å². The molecule has 2 aromatic rings. The summed E-state index contributed by atoms with van der Waals surface area (Å²) in [6.07, 6.45) is 2.27. The van der Waals surface area contributed by atoms with Gasteiger partial charge in [-0.05, 0) is 25.7 Å². The van der Waals surface area contributed by atoms with Gasteiger partial charge in [-0.25, -0.2) is 40.9 Å². The zero-order chi connectivity index (χ0) is 28.4. The monoisotopic (exact) mass is 564 g/mol. The number of rotatable bonds is 0. The minimum atomic E-state index is -0.549. The Morgan fingerprint density at radius 2 is 0.525 bits per heavy atom. The lowest BCUT2D eigenvalue weighted by atomic mass is 10.3. The molecule has 6 rings (SSSR count). The van der Waals surface area contributed by atoms with Crippen LogP contribution in [0.3, 0.4) is 0 Å². The van der Waals surface area contributed by atoms with E-state index < -0.39 is 24.1 Å². The maximum atomic E-state index is 11.8. The first-order valence-electron chi connectivity index (χ1n) is 11.8. The molecule has 0 unspecified atom stereocenters. The molecule has 0 saturated carbocycles. The molecule has 0 radical (unpaired) electrons. The maximum absolute atomic E-state index is 11.8. The first-order valence-corrected chi connectivity index (χ1v) is 11.8. The predicted octanol–water partition coefficient (Wildman–Crippen LogP) is -3.37.